The first-order chi connectivity index (χ1) is 8.01. The van der Waals surface area contributed by atoms with Crippen LogP contribution in [0.2, 0.25) is 0 Å². The molecule has 0 atom stereocenters. The zero-order valence-corrected chi connectivity index (χ0v) is 10.1. The predicted molar refractivity (Wildman–Crippen MR) is 61.2 cm³/mol. The highest BCUT2D eigenvalue weighted by Gasteiger charge is 2.20. The molecule has 5 heteroatoms. The van der Waals surface area contributed by atoms with E-state index in [-0.39, 0.29) is 5.92 Å². The van der Waals surface area contributed by atoms with Crippen molar-refractivity contribution in [1.29, 1.82) is 0 Å². The molecule has 0 fully saturated rings. The number of rotatable bonds is 7. The van der Waals surface area contributed by atoms with Gasteiger partial charge in [0, 0.05) is 12.2 Å². The van der Waals surface area contributed by atoms with E-state index in [0.29, 0.717) is 18.9 Å². The first-order valence-electron chi connectivity index (χ1n) is 5.67. The predicted octanol–water partition coefficient (Wildman–Crippen LogP) is 1.91. The molecule has 0 amide bonds. The van der Waals surface area contributed by atoms with Gasteiger partial charge in [0.1, 0.15) is 0 Å². The third kappa shape index (κ3) is 7.27. The van der Waals surface area contributed by atoms with Crippen LogP contribution in [-0.2, 0) is 19.1 Å². The van der Waals surface area contributed by atoms with Crippen molar-refractivity contribution >= 4 is 17.9 Å². The van der Waals surface area contributed by atoms with Crippen LogP contribution in [0.3, 0.4) is 0 Å². The lowest BCUT2D eigenvalue weighted by molar-refractivity contribution is -0.160. The Labute approximate surface area is 100 Å². The Kier molecular flexibility index (Phi) is 7.67. The number of hydrogen-bond acceptors (Lipinski definition) is 4. The number of carbonyl (C=O) groups excluding carboxylic acids is 2. The fraction of sp³-hybridized carbons (Fsp3) is 0.583. The molecule has 17 heavy (non-hydrogen) atoms. The second-order valence-electron chi connectivity index (χ2n) is 3.69. The summed E-state index contributed by atoms with van der Waals surface area (Å²) in [4.78, 5) is 32.8. The zero-order chi connectivity index (χ0) is 13.3. The van der Waals surface area contributed by atoms with Crippen molar-refractivity contribution in [1.82, 2.24) is 0 Å². The molecular weight excluding hydrogens is 224 g/mol. The van der Waals surface area contributed by atoms with Crippen LogP contribution in [0.15, 0.2) is 12.2 Å². The second kappa shape index (κ2) is 8.50. The van der Waals surface area contributed by atoms with Gasteiger partial charge in [0.05, 0.1) is 5.92 Å². The normalized spacial score (nSPS) is 10.8. The second-order valence-corrected chi connectivity index (χ2v) is 3.69. The van der Waals surface area contributed by atoms with Crippen molar-refractivity contribution in [3.05, 3.63) is 12.2 Å². The maximum Gasteiger partial charge on any atom is 0.338 e. The Morgan fingerprint density at radius 1 is 1.12 bits per heavy atom. The summed E-state index contributed by atoms with van der Waals surface area (Å²) < 4.78 is 4.54. The highest BCUT2D eigenvalue weighted by atomic mass is 16.6. The first kappa shape index (κ1) is 15.3. The Bertz CT molecular complexity index is 300. The number of carboxylic acids is 1. The average molecular weight is 242 g/mol. The topological polar surface area (TPSA) is 80.7 Å². The summed E-state index contributed by atoms with van der Waals surface area (Å²) in [6.07, 6.45) is 4.38. The van der Waals surface area contributed by atoms with Crippen LogP contribution in [0.25, 0.3) is 0 Å². The van der Waals surface area contributed by atoms with Crippen molar-refractivity contribution < 1.29 is 24.2 Å². The van der Waals surface area contributed by atoms with Gasteiger partial charge in [-0.15, -0.1) is 0 Å². The third-order valence-corrected chi connectivity index (χ3v) is 2.17. The van der Waals surface area contributed by atoms with E-state index in [1.807, 2.05) is 13.8 Å². The van der Waals surface area contributed by atoms with Crippen molar-refractivity contribution in [3.8, 4) is 0 Å². The summed E-state index contributed by atoms with van der Waals surface area (Å²) in [6, 6.07) is 0. The summed E-state index contributed by atoms with van der Waals surface area (Å²) in [5.74, 6) is -3.05. The van der Waals surface area contributed by atoms with E-state index >= 15 is 0 Å². The largest absolute Gasteiger partial charge is 0.478 e. The van der Waals surface area contributed by atoms with Crippen molar-refractivity contribution in [3.63, 3.8) is 0 Å². The summed E-state index contributed by atoms with van der Waals surface area (Å²) >= 11 is 0. The van der Waals surface area contributed by atoms with E-state index in [2.05, 4.69) is 4.74 Å². The van der Waals surface area contributed by atoms with Crippen molar-refractivity contribution in [2.75, 3.05) is 0 Å². The molecular formula is C12H18O5. The Morgan fingerprint density at radius 3 is 2.06 bits per heavy atom. The molecule has 0 aliphatic carbocycles. The molecule has 0 aliphatic rings. The van der Waals surface area contributed by atoms with Crippen LogP contribution in [0.1, 0.15) is 39.5 Å². The Hall–Kier alpha value is -1.65. The molecule has 1 N–H and O–H groups in total. The molecule has 0 aromatic heterocycles. The van der Waals surface area contributed by atoms with E-state index in [1.165, 1.54) is 0 Å². The molecule has 0 unspecified atom stereocenters. The summed E-state index contributed by atoms with van der Waals surface area (Å²) in [5, 5.41) is 8.29. The lowest BCUT2D eigenvalue weighted by atomic mass is 9.99. The fourth-order valence-corrected chi connectivity index (χ4v) is 1.43. The van der Waals surface area contributed by atoms with Gasteiger partial charge in [-0.05, 0) is 12.8 Å². The van der Waals surface area contributed by atoms with Gasteiger partial charge < -0.3 is 9.84 Å². The monoisotopic (exact) mass is 242 g/mol. The van der Waals surface area contributed by atoms with Crippen molar-refractivity contribution in [2.24, 2.45) is 5.92 Å². The van der Waals surface area contributed by atoms with Crippen LogP contribution in [0.5, 0.6) is 0 Å². The molecule has 0 rings (SSSR count). The molecule has 0 bridgehead atoms. The number of ether oxygens (including phenoxy) is 1. The molecule has 5 nitrogen and oxygen atoms in total. The molecule has 0 saturated carbocycles. The summed E-state index contributed by atoms with van der Waals surface area (Å²) in [6.45, 7) is 3.89. The molecule has 0 aromatic rings. The van der Waals surface area contributed by atoms with Crippen molar-refractivity contribution in [2.45, 2.75) is 39.5 Å². The first-order valence-corrected chi connectivity index (χ1v) is 5.67. The van der Waals surface area contributed by atoms with Gasteiger partial charge in [-0.3, -0.25) is 4.79 Å². The molecule has 0 heterocycles. The maximum absolute atomic E-state index is 11.6. The Morgan fingerprint density at radius 2 is 1.65 bits per heavy atom. The molecule has 0 aliphatic heterocycles. The molecule has 96 valence electrons. The van der Waals surface area contributed by atoms with Gasteiger partial charge in [-0.2, -0.15) is 0 Å². The minimum atomic E-state index is -1.26. The molecule has 0 aromatic carbocycles. The van der Waals surface area contributed by atoms with Gasteiger partial charge in [0.25, 0.3) is 0 Å². The van der Waals surface area contributed by atoms with E-state index in [0.717, 1.165) is 18.9 Å². The highest BCUT2D eigenvalue weighted by Crippen LogP contribution is 2.15. The van der Waals surface area contributed by atoms with Crippen LogP contribution >= 0.6 is 0 Å². The number of carboxylic acid groups (broad SMARTS) is 1. The van der Waals surface area contributed by atoms with E-state index in [1.54, 1.807) is 0 Å². The molecule has 0 spiro atoms. The minimum absolute atomic E-state index is 0.285. The van der Waals surface area contributed by atoms with Crippen LogP contribution in [-0.4, -0.2) is 23.0 Å². The summed E-state index contributed by atoms with van der Waals surface area (Å²) in [7, 11) is 0. The maximum atomic E-state index is 11.6. The lowest BCUT2D eigenvalue weighted by Crippen LogP contribution is -2.20. The van der Waals surface area contributed by atoms with E-state index in [9.17, 15) is 14.4 Å². The van der Waals surface area contributed by atoms with E-state index < -0.39 is 17.9 Å². The number of aliphatic carboxylic acids is 1. The number of esters is 2. The third-order valence-electron chi connectivity index (χ3n) is 2.17. The van der Waals surface area contributed by atoms with Gasteiger partial charge in [-0.1, -0.05) is 26.7 Å². The van der Waals surface area contributed by atoms with Crippen LogP contribution in [0, 0.1) is 5.92 Å². The smallest absolute Gasteiger partial charge is 0.338 e. The Balaban J connectivity index is 4.29. The molecule has 0 saturated heterocycles. The average Bonchev–Trinajstić information content (AvgIpc) is 2.26. The quantitative estimate of drug-likeness (QED) is 0.419. The SMILES string of the molecule is CCCC(CCC)C(=O)OC(=O)/C=C/C(=O)O. The fourth-order valence-electron chi connectivity index (χ4n) is 1.43. The summed E-state index contributed by atoms with van der Waals surface area (Å²) in [5.41, 5.74) is 0. The van der Waals surface area contributed by atoms with Gasteiger partial charge >= 0.3 is 17.9 Å². The standard InChI is InChI=1S/C12H18O5/c1-3-5-9(6-4-2)12(16)17-11(15)8-7-10(13)14/h7-9H,3-6H2,1-2H3,(H,13,14)/b8-7+. The minimum Gasteiger partial charge on any atom is -0.478 e. The van der Waals surface area contributed by atoms with Crippen LogP contribution < -0.4 is 0 Å². The van der Waals surface area contributed by atoms with Gasteiger partial charge in [0.15, 0.2) is 0 Å². The van der Waals surface area contributed by atoms with Gasteiger partial charge in [0.2, 0.25) is 0 Å². The number of carbonyl (C=O) groups is 3. The molecule has 0 radical (unpaired) electrons. The number of hydrogen-bond donors (Lipinski definition) is 1. The van der Waals surface area contributed by atoms with E-state index in [4.69, 9.17) is 5.11 Å². The highest BCUT2D eigenvalue weighted by molar-refractivity contribution is 5.96. The van der Waals surface area contributed by atoms with Crippen LogP contribution in [0.4, 0.5) is 0 Å². The lowest BCUT2D eigenvalue weighted by Gasteiger charge is -2.12. The van der Waals surface area contributed by atoms with Gasteiger partial charge in [-0.25, -0.2) is 9.59 Å². The zero-order valence-electron chi connectivity index (χ0n) is 10.1.